The Kier molecular flexibility index (Phi) is 5.34. The minimum Gasteiger partial charge on any atom is -0.314 e. The lowest BCUT2D eigenvalue weighted by Gasteiger charge is -2.21. The number of hydrogen-bond acceptors (Lipinski definition) is 1. The fourth-order valence-corrected chi connectivity index (χ4v) is 2.04. The van der Waals surface area contributed by atoms with Gasteiger partial charge >= 0.3 is 0 Å². The van der Waals surface area contributed by atoms with Crippen molar-refractivity contribution in [1.82, 2.24) is 5.32 Å². The monoisotopic (exact) mass is 269 g/mol. The molecule has 1 rings (SSSR count). The molecule has 0 saturated carbocycles. The van der Waals surface area contributed by atoms with Crippen molar-refractivity contribution in [3.8, 4) is 0 Å². The van der Waals surface area contributed by atoms with Gasteiger partial charge in [-0.15, -0.1) is 0 Å². The van der Waals surface area contributed by atoms with E-state index in [0.29, 0.717) is 12.0 Å². The Hall–Kier alpha value is -0.340. The summed E-state index contributed by atoms with van der Waals surface area (Å²) >= 11 is 3.51. The molecule has 84 valence electrons. The summed E-state index contributed by atoms with van der Waals surface area (Å²) in [6.45, 7) is 7.82. The Balaban J connectivity index is 2.62. The third kappa shape index (κ3) is 3.96. The van der Waals surface area contributed by atoms with Crippen LogP contribution in [0.2, 0.25) is 0 Å². The van der Waals surface area contributed by atoms with E-state index in [-0.39, 0.29) is 0 Å². The van der Waals surface area contributed by atoms with E-state index in [1.165, 1.54) is 12.0 Å². The Morgan fingerprint density at radius 3 is 2.67 bits per heavy atom. The first kappa shape index (κ1) is 12.7. The summed E-state index contributed by atoms with van der Waals surface area (Å²) in [6, 6.07) is 9.09. The van der Waals surface area contributed by atoms with Gasteiger partial charge in [0.25, 0.3) is 0 Å². The lowest BCUT2D eigenvalue weighted by Crippen LogP contribution is -2.31. The first-order valence-electron chi connectivity index (χ1n) is 5.64. The average molecular weight is 270 g/mol. The van der Waals surface area contributed by atoms with Crippen LogP contribution in [0.1, 0.15) is 38.7 Å². The number of halogens is 1. The second kappa shape index (κ2) is 6.29. The van der Waals surface area contributed by atoms with Gasteiger partial charge in [-0.1, -0.05) is 41.9 Å². The number of rotatable bonds is 5. The molecule has 0 aliphatic rings. The van der Waals surface area contributed by atoms with Crippen LogP contribution in [0.15, 0.2) is 28.7 Å². The van der Waals surface area contributed by atoms with Gasteiger partial charge in [-0.25, -0.2) is 0 Å². The van der Waals surface area contributed by atoms with Gasteiger partial charge in [-0.3, -0.25) is 0 Å². The Morgan fingerprint density at radius 1 is 1.33 bits per heavy atom. The van der Waals surface area contributed by atoms with E-state index in [9.17, 15) is 0 Å². The van der Waals surface area contributed by atoms with Crippen molar-refractivity contribution < 1.29 is 0 Å². The maximum absolute atomic E-state index is 3.53. The highest BCUT2D eigenvalue weighted by Crippen LogP contribution is 2.22. The van der Waals surface area contributed by atoms with Crippen LogP contribution in [0.25, 0.3) is 0 Å². The van der Waals surface area contributed by atoms with E-state index < -0.39 is 0 Å². The molecule has 0 heterocycles. The van der Waals surface area contributed by atoms with Crippen LogP contribution < -0.4 is 5.32 Å². The minimum atomic E-state index is 0.527. The van der Waals surface area contributed by atoms with Crippen LogP contribution in [0.3, 0.4) is 0 Å². The lowest BCUT2D eigenvalue weighted by molar-refractivity contribution is 0.481. The summed E-state index contributed by atoms with van der Waals surface area (Å²) in [5.74, 6) is 0.550. The zero-order chi connectivity index (χ0) is 11.3. The molecule has 1 nitrogen and oxygen atoms in total. The van der Waals surface area contributed by atoms with Gasteiger partial charge in [-0.2, -0.15) is 0 Å². The lowest BCUT2D eigenvalue weighted by atomic mass is 9.94. The molecule has 0 bridgehead atoms. The summed E-state index contributed by atoms with van der Waals surface area (Å²) < 4.78 is 1.16. The van der Waals surface area contributed by atoms with Gasteiger partial charge in [-0.05, 0) is 43.5 Å². The second-order valence-corrected chi connectivity index (χ2v) is 5.00. The van der Waals surface area contributed by atoms with Gasteiger partial charge in [0, 0.05) is 10.5 Å². The van der Waals surface area contributed by atoms with E-state index in [2.05, 4.69) is 66.3 Å². The van der Waals surface area contributed by atoms with Crippen molar-refractivity contribution in [2.45, 2.75) is 39.2 Å². The number of benzene rings is 1. The van der Waals surface area contributed by atoms with Crippen molar-refractivity contribution in [2.75, 3.05) is 6.54 Å². The first-order chi connectivity index (χ1) is 7.15. The van der Waals surface area contributed by atoms with Gasteiger partial charge in [0.2, 0.25) is 0 Å². The fraction of sp³-hybridized carbons (Fsp3) is 0.538. The van der Waals surface area contributed by atoms with Gasteiger partial charge in [0.1, 0.15) is 0 Å². The summed E-state index contributed by atoms with van der Waals surface area (Å²) in [7, 11) is 0. The normalized spacial score (nSPS) is 14.9. The molecule has 0 aromatic heterocycles. The first-order valence-corrected chi connectivity index (χ1v) is 6.43. The van der Waals surface area contributed by atoms with Gasteiger partial charge in [0.15, 0.2) is 0 Å². The fourth-order valence-electron chi connectivity index (χ4n) is 1.63. The molecule has 0 saturated heterocycles. The van der Waals surface area contributed by atoms with Crippen molar-refractivity contribution >= 4 is 15.9 Å². The summed E-state index contributed by atoms with van der Waals surface area (Å²) in [5.41, 5.74) is 1.39. The molecule has 1 aromatic rings. The highest BCUT2D eigenvalue weighted by atomic mass is 79.9. The van der Waals surface area contributed by atoms with Crippen LogP contribution in [0.4, 0.5) is 0 Å². The van der Waals surface area contributed by atoms with E-state index >= 15 is 0 Å². The predicted octanol–water partition coefficient (Wildman–Crippen LogP) is 3.94. The largest absolute Gasteiger partial charge is 0.314 e. The molecule has 15 heavy (non-hydrogen) atoms. The average Bonchev–Trinajstić information content (AvgIpc) is 2.24. The third-order valence-corrected chi connectivity index (χ3v) is 3.33. The zero-order valence-electron chi connectivity index (χ0n) is 9.76. The molecule has 0 radical (unpaired) electrons. The van der Waals surface area contributed by atoms with Crippen LogP contribution >= 0.6 is 15.9 Å². The quantitative estimate of drug-likeness (QED) is 0.854. The summed E-state index contributed by atoms with van der Waals surface area (Å²) in [5, 5.41) is 3.53. The Labute approximate surface area is 101 Å². The van der Waals surface area contributed by atoms with Crippen molar-refractivity contribution in [3.05, 3.63) is 34.3 Å². The molecule has 2 atom stereocenters. The van der Waals surface area contributed by atoms with Crippen LogP contribution in [0.5, 0.6) is 0 Å². The highest BCUT2D eigenvalue weighted by molar-refractivity contribution is 9.10. The van der Waals surface area contributed by atoms with E-state index in [4.69, 9.17) is 0 Å². The SMILES string of the molecule is CCCNC(C)C(C)c1cccc(Br)c1. The number of hydrogen-bond donors (Lipinski definition) is 1. The summed E-state index contributed by atoms with van der Waals surface area (Å²) in [6.07, 6.45) is 1.19. The molecule has 2 heteroatoms. The topological polar surface area (TPSA) is 12.0 Å². The maximum atomic E-state index is 3.53. The molecular formula is C13H20BrN. The van der Waals surface area contributed by atoms with Crippen LogP contribution in [-0.4, -0.2) is 12.6 Å². The van der Waals surface area contributed by atoms with Crippen molar-refractivity contribution in [2.24, 2.45) is 0 Å². The number of nitrogens with one attached hydrogen (secondary N) is 1. The molecule has 2 unspecified atom stereocenters. The highest BCUT2D eigenvalue weighted by Gasteiger charge is 2.13. The molecule has 0 fully saturated rings. The second-order valence-electron chi connectivity index (χ2n) is 4.09. The van der Waals surface area contributed by atoms with E-state index in [0.717, 1.165) is 11.0 Å². The van der Waals surface area contributed by atoms with Crippen LogP contribution in [0, 0.1) is 0 Å². The van der Waals surface area contributed by atoms with Crippen LogP contribution in [-0.2, 0) is 0 Å². The van der Waals surface area contributed by atoms with E-state index in [1.807, 2.05) is 0 Å². The smallest absolute Gasteiger partial charge is 0.0178 e. The Bertz CT molecular complexity index is 298. The van der Waals surface area contributed by atoms with Gasteiger partial charge < -0.3 is 5.32 Å². The molecule has 0 spiro atoms. The van der Waals surface area contributed by atoms with E-state index in [1.54, 1.807) is 0 Å². The molecule has 0 aliphatic carbocycles. The third-order valence-electron chi connectivity index (χ3n) is 2.84. The zero-order valence-corrected chi connectivity index (χ0v) is 11.3. The molecule has 0 aliphatic heterocycles. The minimum absolute atomic E-state index is 0.527. The van der Waals surface area contributed by atoms with Crippen molar-refractivity contribution in [1.29, 1.82) is 0 Å². The standard InChI is InChI=1S/C13H20BrN/c1-4-8-15-11(3)10(2)12-6-5-7-13(14)9-12/h5-7,9-11,15H,4,8H2,1-3H3. The predicted molar refractivity (Wildman–Crippen MR) is 70.3 cm³/mol. The Morgan fingerprint density at radius 2 is 2.07 bits per heavy atom. The molecule has 1 aromatic carbocycles. The molecule has 1 N–H and O–H groups in total. The van der Waals surface area contributed by atoms with Crippen molar-refractivity contribution in [3.63, 3.8) is 0 Å². The maximum Gasteiger partial charge on any atom is 0.0178 e. The molecular weight excluding hydrogens is 250 g/mol. The summed E-state index contributed by atoms with van der Waals surface area (Å²) in [4.78, 5) is 0. The van der Waals surface area contributed by atoms with Gasteiger partial charge in [0.05, 0.1) is 0 Å². The molecule has 0 amide bonds.